The second kappa shape index (κ2) is 8.71. The average molecular weight is 422 g/mol. The molecule has 2 aromatic heterocycles. The van der Waals surface area contributed by atoms with Crippen molar-refractivity contribution in [2.75, 3.05) is 18.5 Å². The maximum atomic E-state index is 12.7. The number of halogens is 1. The van der Waals surface area contributed by atoms with Crippen molar-refractivity contribution in [2.45, 2.75) is 26.0 Å². The number of aliphatic hydroxyl groups excluding tert-OH is 1. The van der Waals surface area contributed by atoms with Crippen LogP contribution < -0.4 is 21.3 Å². The Morgan fingerprint density at radius 2 is 1.97 bits per heavy atom. The Balaban J connectivity index is 1.95. The molecule has 2 N–H and O–H groups in total. The number of ether oxygens (including phenoxy) is 1. The highest BCUT2D eigenvalue weighted by atomic mass is 35.5. The highest BCUT2D eigenvalue weighted by molar-refractivity contribution is 6.32. The predicted molar refractivity (Wildman–Crippen MR) is 112 cm³/mol. The molecule has 156 valence electrons. The van der Waals surface area contributed by atoms with Crippen molar-refractivity contribution < 1.29 is 9.84 Å². The first-order valence-electron chi connectivity index (χ1n) is 9.30. The molecule has 3 aromatic rings. The van der Waals surface area contributed by atoms with E-state index in [1.165, 1.54) is 11.6 Å². The number of fused-ring (bicyclic) bond motifs is 1. The van der Waals surface area contributed by atoms with Crippen LogP contribution >= 0.6 is 11.6 Å². The van der Waals surface area contributed by atoms with Crippen LogP contribution in [-0.4, -0.2) is 43.0 Å². The minimum absolute atomic E-state index is 0.0251. The van der Waals surface area contributed by atoms with Gasteiger partial charge in [0.2, 0.25) is 5.95 Å². The molecule has 0 aliphatic heterocycles. The summed E-state index contributed by atoms with van der Waals surface area (Å²) in [5.74, 6) is 0.878. The minimum Gasteiger partial charge on any atom is -0.489 e. The third-order valence-corrected chi connectivity index (χ3v) is 4.85. The molecule has 2 heterocycles. The summed E-state index contributed by atoms with van der Waals surface area (Å²) in [6, 6.07) is 6.98. The molecule has 3 rings (SSSR count). The Bertz CT molecular complexity index is 1130. The molecule has 0 bridgehead atoms. The van der Waals surface area contributed by atoms with Crippen LogP contribution in [-0.2, 0) is 20.6 Å². The van der Waals surface area contributed by atoms with Gasteiger partial charge in [-0.2, -0.15) is 4.98 Å². The van der Waals surface area contributed by atoms with Gasteiger partial charge in [-0.05, 0) is 18.6 Å². The van der Waals surface area contributed by atoms with E-state index in [9.17, 15) is 14.7 Å². The van der Waals surface area contributed by atoms with Crippen molar-refractivity contribution in [2.24, 2.45) is 14.1 Å². The number of anilines is 1. The highest BCUT2D eigenvalue weighted by Gasteiger charge is 2.21. The van der Waals surface area contributed by atoms with Gasteiger partial charge in [-0.3, -0.25) is 13.9 Å². The summed E-state index contributed by atoms with van der Waals surface area (Å²) in [6.07, 6.45) is -0.0917. The molecule has 0 fully saturated rings. The molecule has 0 spiro atoms. The van der Waals surface area contributed by atoms with E-state index in [0.29, 0.717) is 23.3 Å². The van der Waals surface area contributed by atoms with E-state index < -0.39 is 17.4 Å². The van der Waals surface area contributed by atoms with Gasteiger partial charge in [0.25, 0.3) is 5.56 Å². The SMILES string of the molecule is CCCNc1nc2c(c(=O)n(C)c(=O)n2C)n1C[C@@H](O)COc1ccccc1Cl. The second-order valence-corrected chi connectivity index (χ2v) is 7.15. The zero-order valence-corrected chi connectivity index (χ0v) is 17.3. The van der Waals surface area contributed by atoms with Crippen molar-refractivity contribution >= 4 is 28.7 Å². The zero-order chi connectivity index (χ0) is 21.1. The Kier molecular flexibility index (Phi) is 6.29. The molecule has 0 saturated heterocycles. The normalized spacial score (nSPS) is 12.3. The fraction of sp³-hybridized carbons (Fsp3) is 0.421. The van der Waals surface area contributed by atoms with Gasteiger partial charge in [0.05, 0.1) is 11.6 Å². The number of nitrogens with one attached hydrogen (secondary N) is 1. The molecule has 10 heteroatoms. The smallest absolute Gasteiger partial charge is 0.332 e. The van der Waals surface area contributed by atoms with E-state index >= 15 is 0 Å². The lowest BCUT2D eigenvalue weighted by molar-refractivity contribution is 0.0938. The maximum Gasteiger partial charge on any atom is 0.332 e. The van der Waals surface area contributed by atoms with Crippen molar-refractivity contribution in [3.05, 3.63) is 50.1 Å². The summed E-state index contributed by atoms with van der Waals surface area (Å²) >= 11 is 6.07. The molecule has 0 radical (unpaired) electrons. The number of nitrogens with zero attached hydrogens (tertiary/aromatic N) is 4. The first kappa shape index (κ1) is 20.9. The highest BCUT2D eigenvalue weighted by Crippen LogP contribution is 2.23. The Labute approximate surface area is 172 Å². The lowest BCUT2D eigenvalue weighted by Crippen LogP contribution is -2.38. The van der Waals surface area contributed by atoms with Gasteiger partial charge in [0.1, 0.15) is 18.5 Å². The largest absolute Gasteiger partial charge is 0.489 e. The Morgan fingerprint density at radius 3 is 2.66 bits per heavy atom. The van der Waals surface area contributed by atoms with E-state index in [4.69, 9.17) is 16.3 Å². The maximum absolute atomic E-state index is 12.7. The van der Waals surface area contributed by atoms with Crippen LogP contribution in [0.3, 0.4) is 0 Å². The van der Waals surface area contributed by atoms with Gasteiger partial charge >= 0.3 is 5.69 Å². The van der Waals surface area contributed by atoms with Crippen LogP contribution in [0.5, 0.6) is 5.75 Å². The molecular formula is C19H24ClN5O4. The first-order chi connectivity index (χ1) is 13.8. The lowest BCUT2D eigenvalue weighted by Gasteiger charge is -2.16. The molecule has 0 unspecified atom stereocenters. The zero-order valence-electron chi connectivity index (χ0n) is 16.6. The molecule has 1 aromatic carbocycles. The van der Waals surface area contributed by atoms with Gasteiger partial charge in [0, 0.05) is 20.6 Å². The van der Waals surface area contributed by atoms with Crippen LogP contribution in [0.15, 0.2) is 33.9 Å². The van der Waals surface area contributed by atoms with Gasteiger partial charge in [0.15, 0.2) is 11.2 Å². The average Bonchev–Trinajstić information content (AvgIpc) is 3.06. The van der Waals surface area contributed by atoms with E-state index in [1.807, 2.05) is 6.92 Å². The first-order valence-corrected chi connectivity index (χ1v) is 9.68. The number of benzene rings is 1. The molecule has 0 aliphatic carbocycles. The summed E-state index contributed by atoms with van der Waals surface area (Å²) in [5, 5.41) is 14.1. The molecule has 0 saturated carbocycles. The Hall–Kier alpha value is -2.78. The topological polar surface area (TPSA) is 103 Å². The standard InChI is InChI=1S/C19H24ClN5O4/c1-4-9-21-18-22-16-15(17(27)24(3)19(28)23(16)2)25(18)10-12(26)11-29-14-8-6-5-7-13(14)20/h5-8,12,26H,4,9-11H2,1-3H3,(H,21,22)/t12-/m1/s1. The monoisotopic (exact) mass is 421 g/mol. The molecule has 1 atom stereocenters. The van der Waals surface area contributed by atoms with Crippen molar-refractivity contribution in [1.82, 2.24) is 18.7 Å². The molecule has 0 aliphatic rings. The molecule has 9 nitrogen and oxygen atoms in total. The van der Waals surface area contributed by atoms with Gasteiger partial charge in [-0.15, -0.1) is 0 Å². The number of aliphatic hydroxyl groups is 1. The third-order valence-electron chi connectivity index (χ3n) is 4.54. The number of imidazole rings is 1. The van der Waals surface area contributed by atoms with Crippen molar-refractivity contribution in [1.29, 1.82) is 0 Å². The summed E-state index contributed by atoms with van der Waals surface area (Å²) < 4.78 is 9.53. The molecule has 29 heavy (non-hydrogen) atoms. The molecular weight excluding hydrogens is 398 g/mol. The summed E-state index contributed by atoms with van der Waals surface area (Å²) in [5.41, 5.74) is -0.433. The fourth-order valence-electron chi connectivity index (χ4n) is 3.01. The third kappa shape index (κ3) is 4.15. The van der Waals surface area contributed by atoms with Crippen molar-refractivity contribution in [3.63, 3.8) is 0 Å². The number of aromatic nitrogens is 4. The second-order valence-electron chi connectivity index (χ2n) is 6.75. The lowest BCUT2D eigenvalue weighted by atomic mass is 10.3. The number of para-hydroxylation sites is 1. The predicted octanol–water partition coefficient (Wildman–Crippen LogP) is 1.35. The fourth-order valence-corrected chi connectivity index (χ4v) is 3.20. The number of hydrogen-bond acceptors (Lipinski definition) is 6. The van der Waals surface area contributed by atoms with Gasteiger partial charge < -0.3 is 19.7 Å². The van der Waals surface area contributed by atoms with Gasteiger partial charge in [-0.1, -0.05) is 30.7 Å². The van der Waals surface area contributed by atoms with Crippen molar-refractivity contribution in [3.8, 4) is 5.75 Å². The number of hydrogen-bond donors (Lipinski definition) is 2. The summed E-state index contributed by atoms with van der Waals surface area (Å²) in [6.45, 7) is 2.66. The summed E-state index contributed by atoms with van der Waals surface area (Å²) in [4.78, 5) is 29.4. The molecule has 0 amide bonds. The van der Waals surface area contributed by atoms with E-state index in [-0.39, 0.29) is 24.3 Å². The van der Waals surface area contributed by atoms with E-state index in [0.717, 1.165) is 11.0 Å². The van der Waals surface area contributed by atoms with Crippen LogP contribution in [0.2, 0.25) is 5.02 Å². The van der Waals surface area contributed by atoms with Crippen LogP contribution in [0, 0.1) is 0 Å². The van der Waals surface area contributed by atoms with Crippen LogP contribution in [0.4, 0.5) is 5.95 Å². The quantitative estimate of drug-likeness (QED) is 0.569. The van der Waals surface area contributed by atoms with Gasteiger partial charge in [-0.25, -0.2) is 4.79 Å². The Morgan fingerprint density at radius 1 is 1.24 bits per heavy atom. The minimum atomic E-state index is -0.937. The van der Waals surface area contributed by atoms with Crippen LogP contribution in [0.25, 0.3) is 11.2 Å². The summed E-state index contributed by atoms with van der Waals surface area (Å²) in [7, 11) is 2.97. The van der Waals surface area contributed by atoms with Crippen LogP contribution in [0.1, 0.15) is 13.3 Å². The number of aryl methyl sites for hydroxylation is 1. The van der Waals surface area contributed by atoms with E-state index in [1.54, 1.807) is 35.9 Å². The number of rotatable bonds is 8. The van der Waals surface area contributed by atoms with E-state index in [2.05, 4.69) is 10.3 Å².